The molecule has 5 rings (SSSR count). The van der Waals surface area contributed by atoms with Gasteiger partial charge in [0.15, 0.2) is 0 Å². The number of nitrogens with zero attached hydrogens (tertiary/aromatic N) is 3. The number of alkyl halides is 3. The third kappa shape index (κ3) is 4.65. The van der Waals surface area contributed by atoms with Crippen molar-refractivity contribution in [3.05, 3.63) is 113 Å². The quantitative estimate of drug-likeness (QED) is 0.316. The number of fused-ring (bicyclic) bond motifs is 2. The van der Waals surface area contributed by atoms with E-state index in [-0.39, 0.29) is 11.3 Å². The summed E-state index contributed by atoms with van der Waals surface area (Å²) in [4.78, 5) is 25.8. The third-order valence-electron chi connectivity index (χ3n) is 5.56. The Bertz CT molecular complexity index is 1570. The molecule has 0 radical (unpaired) electrons. The average Bonchev–Trinajstić information content (AvgIpc) is 2.86. The van der Waals surface area contributed by atoms with Crippen LogP contribution >= 0.6 is 11.6 Å². The smallest absolute Gasteiger partial charge is 0.339 e. The van der Waals surface area contributed by atoms with Crippen LogP contribution in [0.3, 0.4) is 0 Å². The van der Waals surface area contributed by atoms with Crippen LogP contribution in [-0.4, -0.2) is 20.9 Å². The normalized spacial score (nSPS) is 12.6. The van der Waals surface area contributed by atoms with E-state index in [1.807, 2.05) is 6.07 Å². The number of hydrogen-bond acceptors (Lipinski definition) is 4. The number of pyridine rings is 3. The van der Waals surface area contributed by atoms with Gasteiger partial charge in [0.2, 0.25) is 0 Å². The Labute approximate surface area is 202 Å². The Morgan fingerprint density at radius 2 is 1.66 bits per heavy atom. The van der Waals surface area contributed by atoms with Crippen molar-refractivity contribution in [2.45, 2.75) is 12.2 Å². The molecule has 1 amide bonds. The van der Waals surface area contributed by atoms with Crippen LogP contribution in [0.1, 0.15) is 33.2 Å². The summed E-state index contributed by atoms with van der Waals surface area (Å²) in [5, 5.41) is 4.63. The summed E-state index contributed by atoms with van der Waals surface area (Å²) in [5.41, 5.74) is 0.499. The van der Waals surface area contributed by atoms with Gasteiger partial charge in [-0.25, -0.2) is 0 Å². The van der Waals surface area contributed by atoms with E-state index >= 15 is 0 Å². The van der Waals surface area contributed by atoms with Gasteiger partial charge in [0, 0.05) is 39.9 Å². The van der Waals surface area contributed by atoms with E-state index < -0.39 is 23.7 Å². The highest BCUT2D eigenvalue weighted by Gasteiger charge is 2.37. The summed E-state index contributed by atoms with van der Waals surface area (Å²) in [6.07, 6.45) is -0.387. The van der Waals surface area contributed by atoms with E-state index in [0.29, 0.717) is 27.0 Å². The van der Waals surface area contributed by atoms with E-state index in [0.717, 1.165) is 11.5 Å². The number of halogens is 4. The summed E-state index contributed by atoms with van der Waals surface area (Å²) in [6, 6.07) is 16.1. The van der Waals surface area contributed by atoms with Gasteiger partial charge < -0.3 is 5.32 Å². The SMILES string of the molecule is O=C(NC(c1cnc2ccc(Cl)cc2c1)c1ncccc1C(F)(F)F)c1ccc2cccnc2c1. The lowest BCUT2D eigenvalue weighted by atomic mass is 9.98. The maximum absolute atomic E-state index is 13.9. The van der Waals surface area contributed by atoms with Crippen LogP contribution in [0.5, 0.6) is 0 Å². The standard InChI is InChI=1S/C26H16ClF3N4O/c27-19-7-8-21-17(12-19)11-18(14-33-21)23(24-20(26(28,29)30)4-2-10-32-24)34-25(35)16-6-5-15-3-1-9-31-22(15)13-16/h1-14,23H,(H,34,35). The van der Waals surface area contributed by atoms with Gasteiger partial charge in [0.1, 0.15) is 0 Å². The lowest BCUT2D eigenvalue weighted by Crippen LogP contribution is -2.31. The van der Waals surface area contributed by atoms with Crippen LogP contribution in [0.2, 0.25) is 5.02 Å². The number of rotatable bonds is 4. The van der Waals surface area contributed by atoms with Crippen molar-refractivity contribution in [1.82, 2.24) is 20.3 Å². The van der Waals surface area contributed by atoms with E-state index in [9.17, 15) is 18.0 Å². The summed E-state index contributed by atoms with van der Waals surface area (Å²) >= 11 is 6.10. The number of amides is 1. The highest BCUT2D eigenvalue weighted by atomic mass is 35.5. The molecule has 0 aliphatic carbocycles. The maximum atomic E-state index is 13.9. The molecule has 1 N–H and O–H groups in total. The van der Waals surface area contributed by atoms with Crippen molar-refractivity contribution < 1.29 is 18.0 Å². The zero-order valence-corrected chi connectivity index (χ0v) is 18.7. The van der Waals surface area contributed by atoms with Crippen molar-refractivity contribution in [3.8, 4) is 0 Å². The molecular weight excluding hydrogens is 477 g/mol. The van der Waals surface area contributed by atoms with Gasteiger partial charge in [-0.2, -0.15) is 13.2 Å². The summed E-state index contributed by atoms with van der Waals surface area (Å²) in [5.74, 6) is -0.576. The van der Waals surface area contributed by atoms with E-state index in [1.165, 1.54) is 18.5 Å². The van der Waals surface area contributed by atoms with Gasteiger partial charge in [-0.05, 0) is 60.2 Å². The van der Waals surface area contributed by atoms with Gasteiger partial charge in [0.05, 0.1) is 28.3 Å². The Hall–Kier alpha value is -4.04. The van der Waals surface area contributed by atoms with Crippen molar-refractivity contribution in [2.24, 2.45) is 0 Å². The van der Waals surface area contributed by atoms with Gasteiger partial charge in [0.25, 0.3) is 5.91 Å². The molecule has 0 aliphatic heterocycles. The average molecular weight is 493 g/mol. The fourth-order valence-corrected chi connectivity index (χ4v) is 4.08. The highest BCUT2D eigenvalue weighted by molar-refractivity contribution is 6.31. The van der Waals surface area contributed by atoms with Crippen LogP contribution in [-0.2, 0) is 6.18 Å². The molecule has 0 saturated heterocycles. The number of aromatic nitrogens is 3. The third-order valence-corrected chi connectivity index (χ3v) is 5.79. The van der Waals surface area contributed by atoms with Gasteiger partial charge in [-0.1, -0.05) is 23.7 Å². The first-order chi connectivity index (χ1) is 16.8. The summed E-state index contributed by atoms with van der Waals surface area (Å²) in [7, 11) is 0. The predicted molar refractivity (Wildman–Crippen MR) is 127 cm³/mol. The molecule has 3 heterocycles. The van der Waals surface area contributed by atoms with Crippen LogP contribution < -0.4 is 5.32 Å². The molecule has 9 heteroatoms. The topological polar surface area (TPSA) is 67.8 Å². The van der Waals surface area contributed by atoms with Crippen molar-refractivity contribution in [3.63, 3.8) is 0 Å². The second-order valence-corrected chi connectivity index (χ2v) is 8.29. The number of nitrogens with one attached hydrogen (secondary N) is 1. The fourth-order valence-electron chi connectivity index (χ4n) is 3.90. The first-order valence-corrected chi connectivity index (χ1v) is 10.9. The van der Waals surface area contributed by atoms with Gasteiger partial charge in [-0.3, -0.25) is 19.7 Å². The van der Waals surface area contributed by atoms with Crippen molar-refractivity contribution in [2.75, 3.05) is 0 Å². The zero-order valence-electron chi connectivity index (χ0n) is 17.9. The monoisotopic (exact) mass is 492 g/mol. The summed E-state index contributed by atoms with van der Waals surface area (Å²) < 4.78 is 41.6. The summed E-state index contributed by atoms with van der Waals surface area (Å²) in [6.45, 7) is 0. The van der Waals surface area contributed by atoms with Crippen LogP contribution in [0, 0.1) is 0 Å². The number of benzene rings is 2. The van der Waals surface area contributed by atoms with Crippen molar-refractivity contribution in [1.29, 1.82) is 0 Å². The molecule has 0 bridgehead atoms. The Morgan fingerprint density at radius 3 is 2.49 bits per heavy atom. The van der Waals surface area contributed by atoms with Crippen LogP contribution in [0.25, 0.3) is 21.8 Å². The molecule has 0 saturated carbocycles. The molecule has 1 unspecified atom stereocenters. The highest BCUT2D eigenvalue weighted by Crippen LogP contribution is 2.36. The lowest BCUT2D eigenvalue weighted by molar-refractivity contribution is -0.138. The zero-order chi connectivity index (χ0) is 24.6. The van der Waals surface area contributed by atoms with Gasteiger partial charge >= 0.3 is 6.18 Å². The molecule has 2 aromatic carbocycles. The molecule has 0 fully saturated rings. The van der Waals surface area contributed by atoms with E-state index in [2.05, 4.69) is 20.3 Å². The van der Waals surface area contributed by atoms with Crippen LogP contribution in [0.15, 0.2) is 85.3 Å². The minimum absolute atomic E-state index is 0.252. The van der Waals surface area contributed by atoms with Crippen LogP contribution in [0.4, 0.5) is 13.2 Å². The predicted octanol–water partition coefficient (Wildman–Crippen LogP) is 6.37. The molecule has 0 spiro atoms. The molecule has 35 heavy (non-hydrogen) atoms. The number of hydrogen-bond donors (Lipinski definition) is 1. The molecular formula is C26H16ClF3N4O. The van der Waals surface area contributed by atoms with Crippen molar-refractivity contribution >= 4 is 39.3 Å². The Kier molecular flexibility index (Phi) is 5.82. The number of carbonyl (C=O) groups excluding carboxylic acids is 1. The first-order valence-electron chi connectivity index (χ1n) is 10.5. The number of carbonyl (C=O) groups is 1. The minimum atomic E-state index is -4.67. The first kappa shape index (κ1) is 22.7. The van der Waals surface area contributed by atoms with E-state index in [4.69, 9.17) is 11.6 Å². The second-order valence-electron chi connectivity index (χ2n) is 7.86. The molecule has 5 aromatic rings. The molecule has 0 aliphatic rings. The molecule has 3 aromatic heterocycles. The largest absolute Gasteiger partial charge is 0.418 e. The molecule has 174 valence electrons. The second kappa shape index (κ2) is 8.96. The Balaban J connectivity index is 1.62. The maximum Gasteiger partial charge on any atom is 0.418 e. The molecule has 1 atom stereocenters. The Morgan fingerprint density at radius 1 is 0.857 bits per heavy atom. The lowest BCUT2D eigenvalue weighted by Gasteiger charge is -2.22. The minimum Gasteiger partial charge on any atom is -0.339 e. The fraction of sp³-hybridized carbons (Fsp3) is 0.0769. The van der Waals surface area contributed by atoms with E-state index in [1.54, 1.807) is 54.7 Å². The van der Waals surface area contributed by atoms with Gasteiger partial charge in [-0.15, -0.1) is 0 Å². The molecule has 5 nitrogen and oxygen atoms in total.